The summed E-state index contributed by atoms with van der Waals surface area (Å²) in [5.41, 5.74) is 0. The number of rotatable bonds is 46. The van der Waals surface area contributed by atoms with Crippen LogP contribution in [0, 0.1) is 5.92 Å². The van der Waals surface area contributed by atoms with E-state index in [2.05, 4.69) is 27.7 Å². The molecule has 0 fully saturated rings. The minimum absolute atomic E-state index is 0.0638. The van der Waals surface area contributed by atoms with Crippen LogP contribution >= 0.6 is 0 Å². The number of hydrogen-bond donors (Lipinski definition) is 0. The fourth-order valence-corrected chi connectivity index (χ4v) is 7.69. The molecule has 6 heteroatoms. The molecule has 0 rings (SSSR count). The van der Waals surface area contributed by atoms with E-state index in [9.17, 15) is 14.4 Å². The van der Waals surface area contributed by atoms with E-state index in [0.717, 1.165) is 63.7 Å². The first-order valence-corrected chi connectivity index (χ1v) is 25.4. The maximum atomic E-state index is 12.6. The summed E-state index contributed by atoms with van der Waals surface area (Å²) < 4.78 is 16.7. The van der Waals surface area contributed by atoms with E-state index in [0.29, 0.717) is 19.3 Å². The Bertz CT molecular complexity index is 857. The molecule has 0 spiro atoms. The van der Waals surface area contributed by atoms with Gasteiger partial charge in [-0.2, -0.15) is 0 Å². The van der Waals surface area contributed by atoms with Crippen molar-refractivity contribution in [1.82, 2.24) is 0 Å². The van der Waals surface area contributed by atoms with Gasteiger partial charge in [0.15, 0.2) is 6.10 Å². The van der Waals surface area contributed by atoms with Crippen molar-refractivity contribution in [3.05, 3.63) is 0 Å². The van der Waals surface area contributed by atoms with Gasteiger partial charge in [0.25, 0.3) is 0 Å². The summed E-state index contributed by atoms with van der Waals surface area (Å²) >= 11 is 0. The summed E-state index contributed by atoms with van der Waals surface area (Å²) in [6.45, 7) is 8.97. The molecule has 57 heavy (non-hydrogen) atoms. The van der Waals surface area contributed by atoms with Gasteiger partial charge in [-0.3, -0.25) is 14.4 Å². The van der Waals surface area contributed by atoms with Crippen molar-refractivity contribution in [1.29, 1.82) is 0 Å². The molecule has 0 N–H and O–H groups in total. The zero-order valence-electron chi connectivity index (χ0n) is 38.8. The molecule has 0 bridgehead atoms. The third kappa shape index (κ3) is 45.3. The average molecular weight is 807 g/mol. The van der Waals surface area contributed by atoms with Crippen molar-refractivity contribution in [3.63, 3.8) is 0 Å². The number of ether oxygens (including phenoxy) is 3. The van der Waals surface area contributed by atoms with Crippen molar-refractivity contribution in [3.8, 4) is 0 Å². The van der Waals surface area contributed by atoms with E-state index in [1.807, 2.05) is 0 Å². The minimum Gasteiger partial charge on any atom is -0.462 e. The lowest BCUT2D eigenvalue weighted by atomic mass is 10.0. The third-order valence-corrected chi connectivity index (χ3v) is 11.5. The van der Waals surface area contributed by atoms with Gasteiger partial charge >= 0.3 is 17.9 Å². The minimum atomic E-state index is -0.759. The molecule has 0 aromatic carbocycles. The molecular formula is C51H98O6. The SMILES string of the molecule is CCCCCCCCCCCCCCCCCCCCCC(=O)OC[C@@H](COC(=O)CCCCCCCCCCCCC(C)C)OC(=O)CCCCCCCCC. The molecule has 0 saturated carbocycles. The maximum absolute atomic E-state index is 12.6. The number of unbranched alkanes of at least 4 members (excludes halogenated alkanes) is 33. The predicted octanol–water partition coefficient (Wildman–Crippen LogP) is 16.3. The Morgan fingerprint density at radius 1 is 0.333 bits per heavy atom. The van der Waals surface area contributed by atoms with Crippen LogP contribution in [0.3, 0.4) is 0 Å². The Hall–Kier alpha value is -1.59. The summed E-state index contributed by atoms with van der Waals surface area (Å²) in [6, 6.07) is 0. The molecule has 6 nitrogen and oxygen atoms in total. The summed E-state index contributed by atoms with van der Waals surface area (Å²) in [6.07, 6.45) is 46.8. The Labute approximate surface area is 355 Å². The smallest absolute Gasteiger partial charge is 0.306 e. The highest BCUT2D eigenvalue weighted by atomic mass is 16.6. The fraction of sp³-hybridized carbons (Fsp3) is 0.941. The first kappa shape index (κ1) is 55.4. The summed E-state index contributed by atoms with van der Waals surface area (Å²) in [7, 11) is 0. The zero-order chi connectivity index (χ0) is 41.7. The standard InChI is InChI=1S/C51H98O6/c1-5-7-9-11-13-14-15-16-17-18-19-20-21-22-23-27-31-34-38-42-49(52)55-45-48(57-51(54)44-40-36-29-12-10-8-6-2)46-56-50(53)43-39-35-32-28-25-24-26-30-33-37-41-47(3)4/h47-48H,5-46H2,1-4H3/t48-/m0/s1. The molecule has 0 aliphatic heterocycles. The Morgan fingerprint density at radius 2 is 0.579 bits per heavy atom. The van der Waals surface area contributed by atoms with Crippen LogP contribution in [0.5, 0.6) is 0 Å². The normalized spacial score (nSPS) is 11.9. The Morgan fingerprint density at radius 3 is 0.860 bits per heavy atom. The Balaban J connectivity index is 4.14. The van der Waals surface area contributed by atoms with Crippen molar-refractivity contribution in [2.24, 2.45) is 5.92 Å². The number of esters is 3. The van der Waals surface area contributed by atoms with Gasteiger partial charge < -0.3 is 14.2 Å². The van der Waals surface area contributed by atoms with Gasteiger partial charge in [-0.1, -0.05) is 246 Å². The second-order valence-corrected chi connectivity index (χ2v) is 17.9. The number of carbonyl (C=O) groups is 3. The average Bonchev–Trinajstić information content (AvgIpc) is 3.19. The molecule has 0 aromatic rings. The predicted molar refractivity (Wildman–Crippen MR) is 243 cm³/mol. The van der Waals surface area contributed by atoms with E-state index in [-0.39, 0.29) is 31.1 Å². The van der Waals surface area contributed by atoms with Gasteiger partial charge in [-0.25, -0.2) is 0 Å². The van der Waals surface area contributed by atoms with Gasteiger partial charge in [0.05, 0.1) is 0 Å². The highest BCUT2D eigenvalue weighted by Crippen LogP contribution is 2.17. The molecule has 1 atom stereocenters. The van der Waals surface area contributed by atoms with Crippen LogP contribution in [0.2, 0.25) is 0 Å². The topological polar surface area (TPSA) is 78.9 Å². The van der Waals surface area contributed by atoms with Gasteiger partial charge in [0.2, 0.25) is 0 Å². The van der Waals surface area contributed by atoms with Gasteiger partial charge in [0, 0.05) is 19.3 Å². The largest absolute Gasteiger partial charge is 0.462 e. The van der Waals surface area contributed by atoms with E-state index in [4.69, 9.17) is 14.2 Å². The summed E-state index contributed by atoms with van der Waals surface area (Å²) in [4.78, 5) is 37.7. The van der Waals surface area contributed by atoms with Crippen molar-refractivity contribution >= 4 is 17.9 Å². The first-order valence-electron chi connectivity index (χ1n) is 25.4. The second-order valence-electron chi connectivity index (χ2n) is 17.9. The van der Waals surface area contributed by atoms with Crippen molar-refractivity contribution in [2.75, 3.05) is 13.2 Å². The molecule has 0 heterocycles. The molecule has 338 valence electrons. The first-order chi connectivity index (χ1) is 27.9. The number of carbonyl (C=O) groups excluding carboxylic acids is 3. The van der Waals surface area contributed by atoms with E-state index in [1.165, 1.54) is 180 Å². The molecule has 0 radical (unpaired) electrons. The zero-order valence-corrected chi connectivity index (χ0v) is 38.8. The summed E-state index contributed by atoms with van der Waals surface area (Å²) in [5, 5.41) is 0. The van der Waals surface area contributed by atoms with Crippen LogP contribution in [0.4, 0.5) is 0 Å². The second kappa shape index (κ2) is 45.5. The van der Waals surface area contributed by atoms with Crippen LogP contribution in [-0.4, -0.2) is 37.2 Å². The lowest BCUT2D eigenvalue weighted by molar-refractivity contribution is -0.167. The van der Waals surface area contributed by atoms with E-state index in [1.54, 1.807) is 0 Å². The molecular weight excluding hydrogens is 709 g/mol. The quantitative estimate of drug-likeness (QED) is 0.0346. The maximum Gasteiger partial charge on any atom is 0.306 e. The highest BCUT2D eigenvalue weighted by Gasteiger charge is 2.19. The highest BCUT2D eigenvalue weighted by molar-refractivity contribution is 5.71. The molecule has 0 aliphatic rings. The third-order valence-electron chi connectivity index (χ3n) is 11.5. The van der Waals surface area contributed by atoms with Crippen LogP contribution in [0.1, 0.15) is 285 Å². The molecule has 0 aliphatic carbocycles. The van der Waals surface area contributed by atoms with Crippen LogP contribution in [0.15, 0.2) is 0 Å². The van der Waals surface area contributed by atoms with Gasteiger partial charge in [0.1, 0.15) is 13.2 Å². The Kier molecular flexibility index (Phi) is 44.2. The lowest BCUT2D eigenvalue weighted by Gasteiger charge is -2.18. The number of hydrogen-bond acceptors (Lipinski definition) is 6. The monoisotopic (exact) mass is 807 g/mol. The van der Waals surface area contributed by atoms with Crippen LogP contribution < -0.4 is 0 Å². The van der Waals surface area contributed by atoms with Gasteiger partial charge in [-0.15, -0.1) is 0 Å². The van der Waals surface area contributed by atoms with Crippen molar-refractivity contribution in [2.45, 2.75) is 291 Å². The van der Waals surface area contributed by atoms with Crippen LogP contribution in [0.25, 0.3) is 0 Å². The lowest BCUT2D eigenvalue weighted by Crippen LogP contribution is -2.30. The summed E-state index contributed by atoms with van der Waals surface area (Å²) in [5.74, 6) is -0.0362. The van der Waals surface area contributed by atoms with Crippen molar-refractivity contribution < 1.29 is 28.6 Å². The van der Waals surface area contributed by atoms with E-state index >= 15 is 0 Å². The molecule has 0 amide bonds. The molecule has 0 unspecified atom stereocenters. The molecule has 0 aromatic heterocycles. The fourth-order valence-electron chi connectivity index (χ4n) is 7.69. The van der Waals surface area contributed by atoms with Crippen LogP contribution in [-0.2, 0) is 28.6 Å². The van der Waals surface area contributed by atoms with Gasteiger partial charge in [-0.05, 0) is 25.2 Å². The van der Waals surface area contributed by atoms with E-state index < -0.39 is 6.10 Å². The molecule has 0 saturated heterocycles.